The SMILES string of the molecule is C=CCOc1ccc([C@H]2CC(=O)Nc3c2c(C)nn3-c2nncc(-c3ccccc3)n2)cc1OC. The number of aromatic nitrogens is 5. The number of anilines is 1. The van der Waals surface area contributed by atoms with Crippen LogP contribution in [-0.2, 0) is 4.79 Å². The van der Waals surface area contributed by atoms with Crippen LogP contribution in [0.3, 0.4) is 0 Å². The Balaban J connectivity index is 1.57. The van der Waals surface area contributed by atoms with E-state index in [0.717, 1.165) is 22.4 Å². The quantitative estimate of drug-likeness (QED) is 0.408. The van der Waals surface area contributed by atoms with Gasteiger partial charge in [0.05, 0.1) is 24.7 Å². The highest BCUT2D eigenvalue weighted by molar-refractivity contribution is 5.95. The highest BCUT2D eigenvalue weighted by Gasteiger charge is 2.33. The summed E-state index contributed by atoms with van der Waals surface area (Å²) in [6, 6.07) is 15.4. The van der Waals surface area contributed by atoms with Crippen LogP contribution in [0.5, 0.6) is 11.5 Å². The molecule has 0 radical (unpaired) electrons. The number of aryl methyl sites for hydroxylation is 1. The molecule has 2 aromatic carbocycles. The van der Waals surface area contributed by atoms with Crippen molar-refractivity contribution in [3.05, 3.63) is 84.2 Å². The lowest BCUT2D eigenvalue weighted by molar-refractivity contribution is -0.116. The Kier molecular flexibility index (Phi) is 5.97. The molecule has 1 atom stereocenters. The molecule has 0 fully saturated rings. The number of methoxy groups -OCH3 is 1. The van der Waals surface area contributed by atoms with Crippen molar-refractivity contribution in [1.29, 1.82) is 0 Å². The Hall–Kier alpha value is -4.53. The zero-order valence-electron chi connectivity index (χ0n) is 19.4. The molecule has 9 heteroatoms. The van der Waals surface area contributed by atoms with Crippen molar-refractivity contribution in [2.45, 2.75) is 19.3 Å². The zero-order valence-corrected chi connectivity index (χ0v) is 19.4. The van der Waals surface area contributed by atoms with Crippen molar-refractivity contribution in [2.75, 3.05) is 19.0 Å². The van der Waals surface area contributed by atoms with Gasteiger partial charge in [-0.05, 0) is 24.6 Å². The lowest BCUT2D eigenvalue weighted by atomic mass is 9.85. The van der Waals surface area contributed by atoms with E-state index in [4.69, 9.17) is 9.47 Å². The Labute approximate surface area is 202 Å². The van der Waals surface area contributed by atoms with Crippen LogP contribution in [0.1, 0.15) is 29.2 Å². The van der Waals surface area contributed by atoms with E-state index >= 15 is 0 Å². The first-order valence-electron chi connectivity index (χ1n) is 11.2. The van der Waals surface area contributed by atoms with Crippen molar-refractivity contribution in [3.63, 3.8) is 0 Å². The standard InChI is InChI=1S/C26H24N6O3/c1-4-12-35-21-11-10-18(13-22(21)34-3)19-14-23(33)29-25-24(19)16(2)31-32(25)26-28-20(15-27-30-26)17-8-6-5-7-9-17/h4-11,13,15,19H,1,12,14H2,2-3H3,(H,29,33)/t19-/m1/s1. The molecule has 5 rings (SSSR count). The van der Waals surface area contributed by atoms with Gasteiger partial charge in [-0.2, -0.15) is 14.9 Å². The summed E-state index contributed by atoms with van der Waals surface area (Å²) >= 11 is 0. The molecule has 0 bridgehead atoms. The maximum atomic E-state index is 12.8. The number of ether oxygens (including phenoxy) is 2. The predicted octanol–water partition coefficient (Wildman–Crippen LogP) is 4.08. The monoisotopic (exact) mass is 468 g/mol. The molecule has 0 spiro atoms. The minimum Gasteiger partial charge on any atom is -0.493 e. The summed E-state index contributed by atoms with van der Waals surface area (Å²) < 4.78 is 12.8. The molecule has 1 N–H and O–H groups in total. The Morgan fingerprint density at radius 1 is 1.20 bits per heavy atom. The van der Waals surface area contributed by atoms with Gasteiger partial charge in [0.15, 0.2) is 11.5 Å². The lowest BCUT2D eigenvalue weighted by Crippen LogP contribution is -2.25. The number of amides is 1. The van der Waals surface area contributed by atoms with Gasteiger partial charge < -0.3 is 14.8 Å². The van der Waals surface area contributed by atoms with Crippen LogP contribution in [0.25, 0.3) is 17.2 Å². The molecule has 1 aliphatic rings. The third kappa shape index (κ3) is 4.23. The minimum absolute atomic E-state index is 0.123. The Morgan fingerprint density at radius 2 is 2.03 bits per heavy atom. The fraction of sp³-hybridized carbons (Fsp3) is 0.192. The minimum atomic E-state index is -0.222. The third-order valence-electron chi connectivity index (χ3n) is 5.86. The summed E-state index contributed by atoms with van der Waals surface area (Å²) in [6.45, 7) is 5.96. The van der Waals surface area contributed by atoms with Crippen LogP contribution < -0.4 is 14.8 Å². The average Bonchev–Trinajstić information content (AvgIpc) is 3.23. The highest BCUT2D eigenvalue weighted by Crippen LogP contribution is 2.42. The summed E-state index contributed by atoms with van der Waals surface area (Å²) in [6.07, 6.45) is 3.55. The largest absolute Gasteiger partial charge is 0.493 e. The van der Waals surface area contributed by atoms with Gasteiger partial charge in [-0.15, -0.1) is 5.10 Å². The van der Waals surface area contributed by atoms with Crippen LogP contribution in [0.2, 0.25) is 0 Å². The molecular weight excluding hydrogens is 444 g/mol. The maximum Gasteiger partial charge on any atom is 0.272 e. The zero-order chi connectivity index (χ0) is 24.4. The van der Waals surface area contributed by atoms with E-state index in [9.17, 15) is 4.79 Å². The number of rotatable bonds is 7. The normalized spacial score (nSPS) is 14.7. The van der Waals surface area contributed by atoms with Gasteiger partial charge in [-0.1, -0.05) is 49.1 Å². The van der Waals surface area contributed by atoms with Gasteiger partial charge in [-0.3, -0.25) is 4.79 Å². The number of hydrogen-bond donors (Lipinski definition) is 1. The fourth-order valence-corrected chi connectivity index (χ4v) is 4.28. The smallest absolute Gasteiger partial charge is 0.272 e. The van der Waals surface area contributed by atoms with Crippen molar-refractivity contribution < 1.29 is 14.3 Å². The second-order valence-corrected chi connectivity index (χ2v) is 8.08. The third-order valence-corrected chi connectivity index (χ3v) is 5.86. The molecule has 0 aliphatic carbocycles. The number of nitrogens with one attached hydrogen (secondary N) is 1. The van der Waals surface area contributed by atoms with E-state index in [2.05, 4.69) is 32.2 Å². The lowest BCUT2D eigenvalue weighted by Gasteiger charge is -2.25. The molecule has 35 heavy (non-hydrogen) atoms. The van der Waals surface area contributed by atoms with E-state index in [0.29, 0.717) is 29.6 Å². The summed E-state index contributed by atoms with van der Waals surface area (Å²) in [5.41, 5.74) is 4.17. The molecule has 1 amide bonds. The number of carbonyl (C=O) groups excluding carboxylic acids is 1. The molecule has 176 valence electrons. The highest BCUT2D eigenvalue weighted by atomic mass is 16.5. The van der Waals surface area contributed by atoms with Crippen LogP contribution in [-0.4, -0.2) is 44.6 Å². The van der Waals surface area contributed by atoms with Crippen molar-refractivity contribution in [1.82, 2.24) is 25.0 Å². The molecule has 2 aromatic heterocycles. The number of carbonyl (C=O) groups is 1. The topological polar surface area (TPSA) is 104 Å². The fourth-order valence-electron chi connectivity index (χ4n) is 4.28. The number of benzene rings is 2. The predicted molar refractivity (Wildman–Crippen MR) is 131 cm³/mol. The van der Waals surface area contributed by atoms with E-state index in [1.165, 1.54) is 0 Å². The van der Waals surface area contributed by atoms with Crippen LogP contribution >= 0.6 is 0 Å². The van der Waals surface area contributed by atoms with Gasteiger partial charge in [0.25, 0.3) is 5.95 Å². The van der Waals surface area contributed by atoms with Crippen LogP contribution in [0.15, 0.2) is 67.4 Å². The average molecular weight is 469 g/mol. The van der Waals surface area contributed by atoms with Gasteiger partial charge >= 0.3 is 0 Å². The first-order valence-corrected chi connectivity index (χ1v) is 11.2. The summed E-state index contributed by atoms with van der Waals surface area (Å²) in [5.74, 6) is 1.68. The number of fused-ring (bicyclic) bond motifs is 1. The number of hydrogen-bond acceptors (Lipinski definition) is 7. The summed E-state index contributed by atoms with van der Waals surface area (Å²) in [5, 5.41) is 16.0. The molecular formula is C26H24N6O3. The number of nitrogens with zero attached hydrogens (tertiary/aromatic N) is 5. The molecule has 4 aromatic rings. The van der Waals surface area contributed by atoms with E-state index < -0.39 is 0 Å². The van der Waals surface area contributed by atoms with Gasteiger partial charge in [-0.25, -0.2) is 4.98 Å². The van der Waals surface area contributed by atoms with E-state index in [1.807, 2.05) is 55.5 Å². The van der Waals surface area contributed by atoms with Gasteiger partial charge in [0.2, 0.25) is 5.91 Å². The van der Waals surface area contributed by atoms with Gasteiger partial charge in [0.1, 0.15) is 12.4 Å². The molecule has 3 heterocycles. The van der Waals surface area contributed by atoms with Crippen molar-refractivity contribution in [2.24, 2.45) is 0 Å². The first-order chi connectivity index (χ1) is 17.1. The van der Waals surface area contributed by atoms with Crippen LogP contribution in [0.4, 0.5) is 5.82 Å². The first kappa shape index (κ1) is 22.3. The van der Waals surface area contributed by atoms with E-state index in [-0.39, 0.29) is 24.2 Å². The van der Waals surface area contributed by atoms with Crippen molar-refractivity contribution >= 4 is 11.7 Å². The Bertz CT molecular complexity index is 1400. The van der Waals surface area contributed by atoms with Crippen LogP contribution in [0, 0.1) is 6.92 Å². The summed E-state index contributed by atoms with van der Waals surface area (Å²) in [7, 11) is 1.59. The molecule has 0 saturated heterocycles. The molecule has 9 nitrogen and oxygen atoms in total. The van der Waals surface area contributed by atoms with Crippen molar-refractivity contribution in [3.8, 4) is 28.7 Å². The Morgan fingerprint density at radius 3 is 2.80 bits per heavy atom. The van der Waals surface area contributed by atoms with Gasteiger partial charge in [0, 0.05) is 23.5 Å². The second kappa shape index (κ2) is 9.38. The molecule has 0 saturated carbocycles. The summed E-state index contributed by atoms with van der Waals surface area (Å²) in [4.78, 5) is 17.4. The van der Waals surface area contributed by atoms with E-state index in [1.54, 1.807) is 24.1 Å². The molecule has 1 aliphatic heterocycles. The molecule has 0 unspecified atom stereocenters. The second-order valence-electron chi connectivity index (χ2n) is 8.08. The maximum absolute atomic E-state index is 12.8.